The Morgan fingerprint density at radius 1 is 1.18 bits per heavy atom. The van der Waals surface area contributed by atoms with Crippen LogP contribution in [-0.4, -0.2) is 33.7 Å². The Hall–Kier alpha value is -1.59. The lowest BCUT2D eigenvalue weighted by Gasteiger charge is -2.13. The van der Waals surface area contributed by atoms with Crippen LogP contribution in [0.1, 0.15) is 15.9 Å². The van der Waals surface area contributed by atoms with Crippen molar-refractivity contribution in [2.45, 2.75) is 6.61 Å². The Balaban J connectivity index is 3.30. The van der Waals surface area contributed by atoms with Gasteiger partial charge in [0.2, 0.25) is 0 Å². The molecule has 0 fully saturated rings. The van der Waals surface area contributed by atoms with Gasteiger partial charge in [-0.1, -0.05) is 0 Å². The highest BCUT2D eigenvalue weighted by Crippen LogP contribution is 2.31. The summed E-state index contributed by atoms with van der Waals surface area (Å²) in [6, 6.07) is 3.49. The quantitative estimate of drug-likeness (QED) is 0.750. The van der Waals surface area contributed by atoms with Gasteiger partial charge in [0.25, 0.3) is 0 Å². The second-order valence-corrected chi connectivity index (χ2v) is 3.44. The van der Waals surface area contributed by atoms with E-state index in [1.807, 2.05) is 0 Å². The number of ketones is 1. The maximum absolute atomic E-state index is 11.7. The number of benzene rings is 1. The Morgan fingerprint density at radius 2 is 1.71 bits per heavy atom. The predicted molar refractivity (Wildman–Crippen MR) is 63.6 cm³/mol. The first kappa shape index (κ1) is 13.5. The van der Waals surface area contributed by atoms with Gasteiger partial charge in [-0.3, -0.25) is 4.79 Å². The van der Waals surface area contributed by atoms with Crippen molar-refractivity contribution in [3.8, 4) is 11.5 Å². The summed E-state index contributed by atoms with van der Waals surface area (Å²) >= 11 is 0. The van der Waals surface area contributed by atoms with Crippen LogP contribution >= 0.6 is 0 Å². The number of hydrogen-bond donors (Lipinski definition) is 1. The summed E-state index contributed by atoms with van der Waals surface area (Å²) in [4.78, 5) is 11.7. The molecule has 1 aromatic carbocycles. The molecule has 0 bridgehead atoms. The summed E-state index contributed by atoms with van der Waals surface area (Å²) in [5.41, 5.74) is 6.61. The molecular formula is C12H17NO4. The van der Waals surface area contributed by atoms with Gasteiger partial charge in [0.05, 0.1) is 27.4 Å². The van der Waals surface area contributed by atoms with Crippen molar-refractivity contribution in [2.24, 2.45) is 5.73 Å². The van der Waals surface area contributed by atoms with Crippen molar-refractivity contribution in [3.63, 3.8) is 0 Å². The summed E-state index contributed by atoms with van der Waals surface area (Å²) in [5, 5.41) is 0. The lowest BCUT2D eigenvalue weighted by Crippen LogP contribution is -2.16. The zero-order chi connectivity index (χ0) is 12.8. The van der Waals surface area contributed by atoms with E-state index in [9.17, 15) is 4.79 Å². The van der Waals surface area contributed by atoms with Crippen molar-refractivity contribution in [3.05, 3.63) is 23.3 Å². The number of methoxy groups -OCH3 is 3. The lowest BCUT2D eigenvalue weighted by atomic mass is 10.0. The third-order valence-electron chi connectivity index (χ3n) is 2.34. The first-order valence-corrected chi connectivity index (χ1v) is 5.15. The van der Waals surface area contributed by atoms with Gasteiger partial charge in [0.15, 0.2) is 5.78 Å². The van der Waals surface area contributed by atoms with E-state index in [4.69, 9.17) is 19.9 Å². The number of Topliss-reactive ketones (excluding diaryl/α,β-unsaturated/α-hetero) is 1. The summed E-state index contributed by atoms with van der Waals surface area (Å²) in [6.07, 6.45) is 0. The van der Waals surface area contributed by atoms with Gasteiger partial charge in [0.1, 0.15) is 17.1 Å². The Morgan fingerprint density at radius 3 is 2.06 bits per heavy atom. The molecule has 17 heavy (non-hydrogen) atoms. The van der Waals surface area contributed by atoms with Crippen LogP contribution in [0.3, 0.4) is 0 Å². The average molecular weight is 239 g/mol. The number of rotatable bonds is 6. The molecule has 0 atom stereocenters. The second-order valence-electron chi connectivity index (χ2n) is 3.44. The lowest BCUT2D eigenvalue weighted by molar-refractivity contribution is 0.0995. The fourth-order valence-electron chi connectivity index (χ4n) is 1.59. The van der Waals surface area contributed by atoms with Crippen LogP contribution in [0, 0.1) is 0 Å². The molecule has 2 N–H and O–H groups in total. The highest BCUT2D eigenvalue weighted by molar-refractivity contribution is 6.02. The largest absolute Gasteiger partial charge is 0.496 e. The molecule has 0 saturated heterocycles. The molecule has 0 heterocycles. The van der Waals surface area contributed by atoms with Gasteiger partial charge < -0.3 is 19.9 Å². The monoisotopic (exact) mass is 239 g/mol. The molecule has 0 amide bonds. The number of carbonyl (C=O) groups is 1. The minimum atomic E-state index is -0.220. The summed E-state index contributed by atoms with van der Waals surface area (Å²) in [7, 11) is 4.59. The second kappa shape index (κ2) is 6.22. The molecule has 0 aliphatic carbocycles. The molecule has 5 nitrogen and oxygen atoms in total. The van der Waals surface area contributed by atoms with Crippen LogP contribution in [0.25, 0.3) is 0 Å². The van der Waals surface area contributed by atoms with E-state index in [0.717, 1.165) is 5.56 Å². The normalized spacial score (nSPS) is 10.1. The molecule has 0 aromatic heterocycles. The fraction of sp³-hybridized carbons (Fsp3) is 0.417. The van der Waals surface area contributed by atoms with Gasteiger partial charge in [-0.15, -0.1) is 0 Å². The molecule has 0 radical (unpaired) electrons. The van der Waals surface area contributed by atoms with E-state index in [1.165, 1.54) is 14.2 Å². The van der Waals surface area contributed by atoms with E-state index < -0.39 is 0 Å². The van der Waals surface area contributed by atoms with Crippen LogP contribution in [0.2, 0.25) is 0 Å². The highest BCUT2D eigenvalue weighted by Gasteiger charge is 2.18. The Kier molecular flexibility index (Phi) is 4.93. The standard InChI is InChI=1S/C12H17NO4/c1-15-7-8-4-10(16-2)12(9(14)6-13)11(5-8)17-3/h4-5H,6-7,13H2,1-3H3. The van der Waals surface area contributed by atoms with Crippen LogP contribution < -0.4 is 15.2 Å². The predicted octanol–water partition coefficient (Wildman–Crippen LogP) is 0.992. The fourth-order valence-corrected chi connectivity index (χ4v) is 1.59. The van der Waals surface area contributed by atoms with Crippen molar-refractivity contribution in [2.75, 3.05) is 27.9 Å². The maximum atomic E-state index is 11.7. The number of carbonyl (C=O) groups excluding carboxylic acids is 1. The highest BCUT2D eigenvalue weighted by atomic mass is 16.5. The van der Waals surface area contributed by atoms with Crippen LogP contribution in [0.4, 0.5) is 0 Å². The molecule has 0 aliphatic rings. The van der Waals surface area contributed by atoms with E-state index in [-0.39, 0.29) is 12.3 Å². The average Bonchev–Trinajstić information content (AvgIpc) is 2.37. The zero-order valence-corrected chi connectivity index (χ0v) is 10.3. The van der Waals surface area contributed by atoms with Gasteiger partial charge in [0, 0.05) is 7.11 Å². The summed E-state index contributed by atoms with van der Waals surface area (Å²) < 4.78 is 15.4. The van der Waals surface area contributed by atoms with Crippen molar-refractivity contribution in [1.29, 1.82) is 0 Å². The summed E-state index contributed by atoms with van der Waals surface area (Å²) in [5.74, 6) is 0.682. The van der Waals surface area contributed by atoms with Gasteiger partial charge in [-0.05, 0) is 17.7 Å². The van der Waals surface area contributed by atoms with Crippen LogP contribution in [0.5, 0.6) is 11.5 Å². The first-order valence-electron chi connectivity index (χ1n) is 5.15. The van der Waals surface area contributed by atoms with Crippen molar-refractivity contribution >= 4 is 5.78 Å². The number of hydrogen-bond acceptors (Lipinski definition) is 5. The minimum Gasteiger partial charge on any atom is -0.496 e. The third-order valence-corrected chi connectivity index (χ3v) is 2.34. The Labute approximate surface area is 100 Å². The van der Waals surface area contributed by atoms with Crippen molar-refractivity contribution < 1.29 is 19.0 Å². The number of ether oxygens (including phenoxy) is 3. The molecule has 1 aromatic rings. The SMILES string of the molecule is COCc1cc(OC)c(C(=O)CN)c(OC)c1. The van der Waals surface area contributed by atoms with Gasteiger partial charge in [-0.2, -0.15) is 0 Å². The molecule has 0 spiro atoms. The molecule has 1 rings (SSSR count). The Bertz CT molecular complexity index is 378. The van der Waals surface area contributed by atoms with Gasteiger partial charge in [-0.25, -0.2) is 0 Å². The van der Waals surface area contributed by atoms with E-state index in [1.54, 1.807) is 19.2 Å². The summed E-state index contributed by atoms with van der Waals surface area (Å²) in [6.45, 7) is 0.333. The zero-order valence-electron chi connectivity index (χ0n) is 10.3. The minimum absolute atomic E-state index is 0.0870. The number of nitrogens with two attached hydrogens (primary N) is 1. The van der Waals surface area contributed by atoms with E-state index in [0.29, 0.717) is 23.7 Å². The van der Waals surface area contributed by atoms with E-state index in [2.05, 4.69) is 0 Å². The van der Waals surface area contributed by atoms with E-state index >= 15 is 0 Å². The molecular weight excluding hydrogens is 222 g/mol. The van der Waals surface area contributed by atoms with Crippen molar-refractivity contribution in [1.82, 2.24) is 0 Å². The molecule has 0 unspecified atom stereocenters. The molecule has 0 saturated carbocycles. The first-order chi connectivity index (χ1) is 8.17. The van der Waals surface area contributed by atoms with Crippen LogP contribution in [-0.2, 0) is 11.3 Å². The van der Waals surface area contributed by atoms with Crippen LogP contribution in [0.15, 0.2) is 12.1 Å². The maximum Gasteiger partial charge on any atom is 0.183 e. The van der Waals surface area contributed by atoms with Gasteiger partial charge >= 0.3 is 0 Å². The molecule has 0 aliphatic heterocycles. The topological polar surface area (TPSA) is 70.8 Å². The third kappa shape index (κ3) is 2.95. The molecule has 94 valence electrons. The smallest absolute Gasteiger partial charge is 0.183 e. The molecule has 5 heteroatoms.